The highest BCUT2D eigenvalue weighted by Crippen LogP contribution is 2.30. The Labute approximate surface area is 131 Å². The van der Waals surface area contributed by atoms with Crippen molar-refractivity contribution in [3.05, 3.63) is 29.8 Å². The van der Waals surface area contributed by atoms with Gasteiger partial charge in [0.15, 0.2) is 0 Å². The quantitative estimate of drug-likeness (QED) is 0.929. The summed E-state index contributed by atoms with van der Waals surface area (Å²) in [4.78, 5) is 26.5. The van der Waals surface area contributed by atoms with Gasteiger partial charge >= 0.3 is 0 Å². The van der Waals surface area contributed by atoms with E-state index in [9.17, 15) is 9.59 Å². The molecule has 4 heteroatoms. The molecule has 0 unspecified atom stereocenters. The van der Waals surface area contributed by atoms with Gasteiger partial charge < -0.3 is 10.2 Å². The van der Waals surface area contributed by atoms with Crippen LogP contribution in [0.25, 0.3) is 0 Å². The summed E-state index contributed by atoms with van der Waals surface area (Å²) in [6.45, 7) is 1.69. The van der Waals surface area contributed by atoms with E-state index in [-0.39, 0.29) is 17.7 Å². The predicted octanol–water partition coefficient (Wildman–Crippen LogP) is 3.44. The number of anilines is 1. The Morgan fingerprint density at radius 1 is 1.00 bits per heavy atom. The van der Waals surface area contributed by atoms with Crippen molar-refractivity contribution in [2.45, 2.75) is 44.9 Å². The van der Waals surface area contributed by atoms with E-state index in [0.29, 0.717) is 5.56 Å². The van der Waals surface area contributed by atoms with E-state index in [4.69, 9.17) is 0 Å². The average Bonchev–Trinajstić information content (AvgIpc) is 3.31. The number of amides is 2. The topological polar surface area (TPSA) is 49.4 Å². The van der Waals surface area contributed by atoms with Gasteiger partial charge in [-0.05, 0) is 43.9 Å². The molecular formula is C18H24N2O2. The zero-order chi connectivity index (χ0) is 15.4. The molecule has 1 heterocycles. The van der Waals surface area contributed by atoms with Gasteiger partial charge in [-0.3, -0.25) is 9.59 Å². The van der Waals surface area contributed by atoms with Gasteiger partial charge in [0.05, 0.1) is 0 Å². The molecule has 22 heavy (non-hydrogen) atoms. The maximum absolute atomic E-state index is 12.7. The third kappa shape index (κ3) is 3.87. The third-order valence-corrected chi connectivity index (χ3v) is 4.47. The highest BCUT2D eigenvalue weighted by molar-refractivity contribution is 5.98. The van der Waals surface area contributed by atoms with E-state index in [1.807, 2.05) is 23.1 Å². The van der Waals surface area contributed by atoms with Crippen LogP contribution in [0.15, 0.2) is 24.3 Å². The first-order chi connectivity index (χ1) is 10.7. The predicted molar refractivity (Wildman–Crippen MR) is 86.8 cm³/mol. The summed E-state index contributed by atoms with van der Waals surface area (Å²) < 4.78 is 0. The maximum atomic E-state index is 12.7. The minimum atomic E-state index is 0.0795. The van der Waals surface area contributed by atoms with Crippen LogP contribution in [0.4, 0.5) is 5.69 Å². The van der Waals surface area contributed by atoms with E-state index in [0.717, 1.165) is 44.5 Å². The van der Waals surface area contributed by atoms with E-state index in [1.54, 1.807) is 6.07 Å². The molecule has 1 aliphatic carbocycles. The van der Waals surface area contributed by atoms with E-state index in [1.165, 1.54) is 19.3 Å². The lowest BCUT2D eigenvalue weighted by Gasteiger charge is -2.25. The first kappa shape index (κ1) is 15.1. The number of rotatable bonds is 3. The Bertz CT molecular complexity index is 544. The van der Waals surface area contributed by atoms with Gasteiger partial charge in [0.2, 0.25) is 5.91 Å². The first-order valence-corrected chi connectivity index (χ1v) is 8.44. The van der Waals surface area contributed by atoms with Gasteiger partial charge in [0.25, 0.3) is 5.91 Å². The summed E-state index contributed by atoms with van der Waals surface area (Å²) >= 11 is 0. The van der Waals surface area contributed by atoms with Crippen molar-refractivity contribution < 1.29 is 9.59 Å². The molecule has 1 aromatic rings. The average molecular weight is 300 g/mol. The van der Waals surface area contributed by atoms with Crippen molar-refractivity contribution in [1.82, 2.24) is 4.90 Å². The minimum absolute atomic E-state index is 0.0795. The Balaban J connectivity index is 1.66. The Morgan fingerprint density at radius 3 is 2.36 bits per heavy atom. The van der Waals surface area contributed by atoms with Crippen LogP contribution in [0.2, 0.25) is 0 Å². The maximum Gasteiger partial charge on any atom is 0.253 e. The zero-order valence-corrected chi connectivity index (χ0v) is 13.0. The molecule has 2 aliphatic rings. The largest absolute Gasteiger partial charge is 0.339 e. The Hall–Kier alpha value is -1.84. The molecule has 0 atom stereocenters. The van der Waals surface area contributed by atoms with E-state index < -0.39 is 0 Å². The summed E-state index contributed by atoms with van der Waals surface area (Å²) in [5.74, 6) is 0.342. The van der Waals surface area contributed by atoms with Crippen LogP contribution in [0, 0.1) is 5.92 Å². The van der Waals surface area contributed by atoms with Crippen molar-refractivity contribution in [2.75, 3.05) is 18.4 Å². The SMILES string of the molecule is O=C(Nc1cccc(C(=O)N2CCCCCCC2)c1)C1CC1. The summed E-state index contributed by atoms with van der Waals surface area (Å²) in [5.41, 5.74) is 1.41. The van der Waals surface area contributed by atoms with Gasteiger partial charge in [0, 0.05) is 30.3 Å². The van der Waals surface area contributed by atoms with Crippen LogP contribution in [0.1, 0.15) is 55.3 Å². The number of nitrogens with one attached hydrogen (secondary N) is 1. The second-order valence-electron chi connectivity index (χ2n) is 6.40. The van der Waals surface area contributed by atoms with Gasteiger partial charge in [-0.1, -0.05) is 25.3 Å². The highest BCUT2D eigenvalue weighted by atomic mass is 16.2. The minimum Gasteiger partial charge on any atom is -0.339 e. The highest BCUT2D eigenvalue weighted by Gasteiger charge is 2.29. The molecule has 1 saturated carbocycles. The molecule has 0 radical (unpaired) electrons. The first-order valence-electron chi connectivity index (χ1n) is 8.44. The van der Waals surface area contributed by atoms with Crippen molar-refractivity contribution in [3.63, 3.8) is 0 Å². The molecule has 0 bridgehead atoms. The number of benzene rings is 1. The zero-order valence-electron chi connectivity index (χ0n) is 13.0. The van der Waals surface area contributed by atoms with Gasteiger partial charge in [0.1, 0.15) is 0 Å². The molecule has 4 nitrogen and oxygen atoms in total. The second-order valence-corrected chi connectivity index (χ2v) is 6.40. The number of carbonyl (C=O) groups is 2. The van der Waals surface area contributed by atoms with Crippen molar-refractivity contribution in [3.8, 4) is 0 Å². The summed E-state index contributed by atoms with van der Waals surface area (Å²) in [5, 5.41) is 2.91. The number of nitrogens with zero attached hydrogens (tertiary/aromatic N) is 1. The van der Waals surface area contributed by atoms with Gasteiger partial charge in [-0.25, -0.2) is 0 Å². The molecule has 1 aromatic carbocycles. The van der Waals surface area contributed by atoms with Crippen LogP contribution < -0.4 is 5.32 Å². The van der Waals surface area contributed by atoms with E-state index >= 15 is 0 Å². The molecule has 1 saturated heterocycles. The fraction of sp³-hybridized carbons (Fsp3) is 0.556. The number of hydrogen-bond acceptors (Lipinski definition) is 2. The van der Waals surface area contributed by atoms with E-state index in [2.05, 4.69) is 5.32 Å². The van der Waals surface area contributed by atoms with Gasteiger partial charge in [-0.2, -0.15) is 0 Å². The lowest BCUT2D eigenvalue weighted by molar-refractivity contribution is -0.117. The summed E-state index contributed by atoms with van der Waals surface area (Å²) in [6.07, 6.45) is 7.84. The smallest absolute Gasteiger partial charge is 0.253 e. The molecule has 2 amide bonds. The standard InChI is InChI=1S/C18H24N2O2/c21-17(14-9-10-14)19-16-8-6-7-15(13-16)18(22)20-11-4-2-1-3-5-12-20/h6-8,13-14H,1-5,9-12H2,(H,19,21). The molecule has 0 spiro atoms. The second kappa shape index (κ2) is 6.95. The van der Waals surface area contributed by atoms with Crippen LogP contribution in [-0.4, -0.2) is 29.8 Å². The Morgan fingerprint density at radius 2 is 1.68 bits per heavy atom. The van der Waals surface area contributed by atoms with Crippen molar-refractivity contribution in [2.24, 2.45) is 5.92 Å². The van der Waals surface area contributed by atoms with Crippen LogP contribution in [0.3, 0.4) is 0 Å². The van der Waals surface area contributed by atoms with Crippen molar-refractivity contribution in [1.29, 1.82) is 0 Å². The Kier molecular flexibility index (Phi) is 4.76. The lowest BCUT2D eigenvalue weighted by Crippen LogP contribution is -2.33. The third-order valence-electron chi connectivity index (χ3n) is 4.47. The molecule has 0 aromatic heterocycles. The van der Waals surface area contributed by atoms with Crippen LogP contribution >= 0.6 is 0 Å². The molecular weight excluding hydrogens is 276 g/mol. The fourth-order valence-corrected chi connectivity index (χ4v) is 2.95. The molecule has 3 rings (SSSR count). The molecule has 1 N–H and O–H groups in total. The lowest BCUT2D eigenvalue weighted by atomic mass is 10.1. The number of carbonyl (C=O) groups excluding carboxylic acids is 2. The van der Waals surface area contributed by atoms with Gasteiger partial charge in [-0.15, -0.1) is 0 Å². The van der Waals surface area contributed by atoms with Crippen LogP contribution in [0.5, 0.6) is 0 Å². The molecule has 118 valence electrons. The monoisotopic (exact) mass is 300 g/mol. The van der Waals surface area contributed by atoms with Crippen molar-refractivity contribution >= 4 is 17.5 Å². The number of likely N-dealkylation sites (tertiary alicyclic amines) is 1. The fourth-order valence-electron chi connectivity index (χ4n) is 2.95. The molecule has 2 fully saturated rings. The summed E-state index contributed by atoms with van der Waals surface area (Å²) in [7, 11) is 0. The normalized spacial score (nSPS) is 19.2. The van der Waals surface area contributed by atoms with Crippen LogP contribution in [-0.2, 0) is 4.79 Å². The molecule has 1 aliphatic heterocycles. The summed E-state index contributed by atoms with van der Waals surface area (Å²) in [6, 6.07) is 7.35. The number of hydrogen-bond donors (Lipinski definition) is 1.